The fourth-order valence-electron chi connectivity index (χ4n) is 4.95. The van der Waals surface area contributed by atoms with E-state index in [1.807, 2.05) is 18.2 Å². The zero-order chi connectivity index (χ0) is 29.7. The van der Waals surface area contributed by atoms with Crippen LogP contribution in [0.4, 0.5) is 24.5 Å². The molecule has 1 unspecified atom stereocenters. The molecule has 1 fully saturated rings. The van der Waals surface area contributed by atoms with Crippen LogP contribution in [0.3, 0.4) is 0 Å². The number of nitrogens with one attached hydrogen (secondary N) is 1. The van der Waals surface area contributed by atoms with E-state index >= 15 is 0 Å². The van der Waals surface area contributed by atoms with Gasteiger partial charge in [-0.15, -0.1) is 0 Å². The normalized spacial score (nSPS) is 16.0. The number of carbonyl (C=O) groups excluding carboxylic acids is 1. The highest BCUT2D eigenvalue weighted by Crippen LogP contribution is 2.41. The van der Waals surface area contributed by atoms with E-state index < -0.39 is 28.9 Å². The Labute approximate surface area is 240 Å². The smallest absolute Gasteiger partial charge is 0.407 e. The molecule has 0 spiro atoms. The van der Waals surface area contributed by atoms with Gasteiger partial charge in [0.2, 0.25) is 0 Å². The number of carbonyl (C=O) groups is 1. The molecule has 10 heteroatoms. The van der Waals surface area contributed by atoms with Gasteiger partial charge < -0.3 is 15.0 Å². The summed E-state index contributed by atoms with van der Waals surface area (Å²) in [6.07, 6.45) is -0.594. The number of ether oxygens (including phenoxy) is 1. The van der Waals surface area contributed by atoms with Crippen molar-refractivity contribution in [1.29, 1.82) is 0 Å². The number of hydrogen-bond acceptors (Lipinski definition) is 4. The zero-order valence-corrected chi connectivity index (χ0v) is 24.5. The van der Waals surface area contributed by atoms with Gasteiger partial charge in [0.05, 0.1) is 18.7 Å². The number of halogens is 3. The number of anilines is 1. The van der Waals surface area contributed by atoms with Crippen molar-refractivity contribution >= 4 is 34.6 Å². The molecule has 1 saturated heterocycles. The molecule has 2 aromatic carbocycles. The summed E-state index contributed by atoms with van der Waals surface area (Å²) in [6, 6.07) is 11.8. The highest BCUT2D eigenvalue weighted by atomic mass is 32.1. The van der Waals surface area contributed by atoms with E-state index in [9.17, 15) is 18.0 Å². The Balaban J connectivity index is 1.75. The van der Waals surface area contributed by atoms with Gasteiger partial charge in [-0.2, -0.15) is 13.2 Å². The summed E-state index contributed by atoms with van der Waals surface area (Å²) in [5, 5.41) is 3.84. The number of rotatable bonds is 12. The molecule has 2 aromatic rings. The molecule has 0 radical (unpaired) electrons. The molecule has 0 saturated carbocycles. The van der Waals surface area contributed by atoms with Crippen molar-refractivity contribution in [2.45, 2.75) is 84.1 Å². The molecule has 1 heterocycles. The topological polar surface area (TPSA) is 49.2 Å². The van der Waals surface area contributed by atoms with Crippen LogP contribution in [0.15, 0.2) is 42.5 Å². The first kappa shape index (κ1) is 31.4. The summed E-state index contributed by atoms with van der Waals surface area (Å²) >= 11 is 5.57. The number of thiocarbonyl (C=S) groups is 1. The second-order valence-electron chi connectivity index (χ2n) is 10.4. The van der Waals surface area contributed by atoms with Crippen molar-refractivity contribution in [1.82, 2.24) is 10.2 Å². The second-order valence-corrected chi connectivity index (χ2v) is 10.8. The first-order valence-corrected chi connectivity index (χ1v) is 14.0. The van der Waals surface area contributed by atoms with Crippen LogP contribution in [0.1, 0.15) is 77.5 Å². The van der Waals surface area contributed by atoms with Crippen molar-refractivity contribution in [3.8, 4) is 5.75 Å². The third-order valence-electron chi connectivity index (χ3n) is 7.33. The molecule has 0 bridgehead atoms. The van der Waals surface area contributed by atoms with Crippen molar-refractivity contribution < 1.29 is 22.7 Å². The monoisotopic (exact) mass is 574 g/mol. The molecule has 0 aromatic heterocycles. The summed E-state index contributed by atoms with van der Waals surface area (Å²) in [4.78, 5) is 19.1. The van der Waals surface area contributed by atoms with Crippen molar-refractivity contribution in [2.24, 2.45) is 0 Å². The minimum Gasteiger partial charge on any atom is -0.492 e. The Morgan fingerprint density at radius 1 is 1.12 bits per heavy atom. The maximum absolute atomic E-state index is 13.6. The predicted molar refractivity (Wildman–Crippen MR) is 156 cm³/mol. The molecule has 216 valence electrons. The third kappa shape index (κ3) is 6.76. The van der Waals surface area contributed by atoms with Crippen LogP contribution in [0, 0.1) is 6.57 Å². The molecule has 1 amide bonds. The van der Waals surface area contributed by atoms with Gasteiger partial charge in [-0.1, -0.05) is 45.4 Å². The molecule has 6 nitrogen and oxygen atoms in total. The molecular formula is C30H37F3N4O2S. The molecule has 1 N–H and O–H groups in total. The number of benzene rings is 2. The summed E-state index contributed by atoms with van der Waals surface area (Å²) in [5.41, 5.74) is -1.60. The minimum atomic E-state index is -4.74. The summed E-state index contributed by atoms with van der Waals surface area (Å²) in [6.45, 7) is 17.4. The first-order chi connectivity index (χ1) is 18.9. The number of nitrogens with zero attached hydrogens (tertiary/aromatic N) is 3. The Bertz CT molecular complexity index is 1250. The van der Waals surface area contributed by atoms with Crippen LogP contribution < -0.4 is 15.0 Å². The molecule has 40 heavy (non-hydrogen) atoms. The molecule has 1 aliphatic rings. The van der Waals surface area contributed by atoms with E-state index in [1.165, 1.54) is 6.07 Å². The fraction of sp³-hybridized carbons (Fsp3) is 0.500. The Morgan fingerprint density at radius 2 is 1.82 bits per heavy atom. The van der Waals surface area contributed by atoms with Crippen LogP contribution in [0.5, 0.6) is 5.75 Å². The highest BCUT2D eigenvalue weighted by Gasteiger charge is 2.49. The average Bonchev–Trinajstić information content (AvgIpc) is 3.09. The van der Waals surface area contributed by atoms with Gasteiger partial charge in [-0.05, 0) is 75.2 Å². The van der Waals surface area contributed by atoms with Gasteiger partial charge in [-0.25, -0.2) is 4.85 Å². The van der Waals surface area contributed by atoms with Crippen LogP contribution in [0.2, 0.25) is 0 Å². The largest absolute Gasteiger partial charge is 0.492 e. The maximum Gasteiger partial charge on any atom is 0.407 e. The zero-order valence-electron chi connectivity index (χ0n) is 23.6. The van der Waals surface area contributed by atoms with Gasteiger partial charge in [0.15, 0.2) is 10.8 Å². The van der Waals surface area contributed by atoms with Crippen molar-refractivity contribution in [3.05, 3.63) is 65.0 Å². The lowest BCUT2D eigenvalue weighted by molar-refractivity contribution is -0.136. The Morgan fingerprint density at radius 3 is 2.42 bits per heavy atom. The predicted octanol–water partition coefficient (Wildman–Crippen LogP) is 7.67. The van der Waals surface area contributed by atoms with E-state index in [0.717, 1.165) is 48.3 Å². The van der Waals surface area contributed by atoms with Crippen LogP contribution in [0.25, 0.3) is 4.85 Å². The van der Waals surface area contributed by atoms with Gasteiger partial charge >= 0.3 is 6.18 Å². The third-order valence-corrected chi connectivity index (χ3v) is 7.73. The quantitative estimate of drug-likeness (QED) is 0.208. The number of hydrogen-bond donors (Lipinski definition) is 1. The van der Waals surface area contributed by atoms with Gasteiger partial charge in [0.25, 0.3) is 5.91 Å². The summed E-state index contributed by atoms with van der Waals surface area (Å²) in [7, 11) is 0. The molecule has 0 aliphatic carbocycles. The molecule has 1 atom stereocenters. The van der Waals surface area contributed by atoms with Gasteiger partial charge in [0, 0.05) is 17.8 Å². The lowest BCUT2D eigenvalue weighted by Crippen LogP contribution is -2.45. The van der Waals surface area contributed by atoms with Crippen molar-refractivity contribution in [3.63, 3.8) is 0 Å². The van der Waals surface area contributed by atoms with E-state index in [0.29, 0.717) is 11.8 Å². The summed E-state index contributed by atoms with van der Waals surface area (Å²) < 4.78 is 46.8. The SMILES string of the molecule is [C-]#[N+]c1ccc(N2C(=O)C(C)(C)N(CCOc3cccc(C(CCC)NC(CC)CC)c3)C2=S)cc1C(F)(F)F. The lowest BCUT2D eigenvalue weighted by atomic mass is 10.00. The van der Waals surface area contributed by atoms with Gasteiger partial charge in [0.1, 0.15) is 17.9 Å². The standard InChI is InChI=1S/C30H37F3N4O2S/c1-7-11-25(35-21(8-2)9-3)20-12-10-13-23(18-20)39-17-16-36-28(40)37(27(38)29(36,4)5)22-14-15-26(34-6)24(19-22)30(31,32)33/h10,12-15,18-19,21,25,35H,7-9,11,16-17H2,1-5H3. The Hall–Kier alpha value is -3.16. The van der Waals surface area contributed by atoms with Gasteiger partial charge in [-0.3, -0.25) is 9.69 Å². The second kappa shape index (κ2) is 13.0. The molecular weight excluding hydrogens is 537 g/mol. The maximum atomic E-state index is 13.6. The molecule has 3 rings (SSSR count). The number of alkyl halides is 3. The Kier molecular flexibility index (Phi) is 10.2. The molecule has 1 aliphatic heterocycles. The van der Waals surface area contributed by atoms with Crippen LogP contribution in [-0.4, -0.2) is 40.7 Å². The van der Waals surface area contributed by atoms with Crippen LogP contribution in [-0.2, 0) is 11.0 Å². The van der Waals surface area contributed by atoms with Crippen molar-refractivity contribution in [2.75, 3.05) is 18.1 Å². The first-order valence-electron chi connectivity index (χ1n) is 13.6. The fourth-order valence-corrected chi connectivity index (χ4v) is 5.45. The van der Waals surface area contributed by atoms with Crippen LogP contribution >= 0.6 is 12.2 Å². The minimum absolute atomic E-state index is 0.0224. The average molecular weight is 575 g/mol. The number of amides is 1. The van der Waals surface area contributed by atoms with E-state index in [4.69, 9.17) is 23.5 Å². The van der Waals surface area contributed by atoms with E-state index in [1.54, 1.807) is 18.7 Å². The summed E-state index contributed by atoms with van der Waals surface area (Å²) in [5.74, 6) is 0.249. The van der Waals surface area contributed by atoms with E-state index in [2.05, 4.69) is 37.0 Å². The van der Waals surface area contributed by atoms with E-state index in [-0.39, 0.29) is 30.0 Å². The lowest BCUT2D eigenvalue weighted by Gasteiger charge is -2.29. The highest BCUT2D eigenvalue weighted by molar-refractivity contribution is 7.80.